The van der Waals surface area contributed by atoms with Crippen LogP contribution in [0.4, 0.5) is 0 Å². The Kier molecular flexibility index (Phi) is 5.83. The lowest BCUT2D eigenvalue weighted by molar-refractivity contribution is -0.129. The van der Waals surface area contributed by atoms with Gasteiger partial charge in [-0.1, -0.05) is 0 Å². The molecule has 3 rings (SSSR count). The van der Waals surface area contributed by atoms with E-state index in [0.29, 0.717) is 25.2 Å². The Bertz CT molecular complexity index is 801. The van der Waals surface area contributed by atoms with E-state index in [0.717, 1.165) is 13.1 Å². The summed E-state index contributed by atoms with van der Waals surface area (Å²) in [5.74, 6) is -0.125. The lowest BCUT2D eigenvalue weighted by atomic mass is 10.1. The second-order valence-corrected chi connectivity index (χ2v) is 8.92. The van der Waals surface area contributed by atoms with Gasteiger partial charge in [0.1, 0.15) is 0 Å². The van der Waals surface area contributed by atoms with E-state index < -0.39 is 10.0 Å². The number of hydrogen-bond donors (Lipinski definition) is 1. The minimum absolute atomic E-state index is 0.0444. The summed E-state index contributed by atoms with van der Waals surface area (Å²) in [6.45, 7) is 6.97. The van der Waals surface area contributed by atoms with Gasteiger partial charge in [-0.2, -0.15) is 4.31 Å². The van der Waals surface area contributed by atoms with Crippen molar-refractivity contribution in [1.82, 2.24) is 19.4 Å². The molecule has 9 heteroatoms. The van der Waals surface area contributed by atoms with Crippen molar-refractivity contribution in [3.63, 3.8) is 0 Å². The van der Waals surface area contributed by atoms with Gasteiger partial charge in [-0.3, -0.25) is 9.59 Å². The Balaban J connectivity index is 1.71. The molecule has 0 bridgehead atoms. The summed E-state index contributed by atoms with van der Waals surface area (Å²) < 4.78 is 27.0. The summed E-state index contributed by atoms with van der Waals surface area (Å²) in [4.78, 5) is 27.7. The highest BCUT2D eigenvalue weighted by atomic mass is 32.2. The summed E-state index contributed by atoms with van der Waals surface area (Å²) in [6.07, 6.45) is 0. The Morgan fingerprint density at radius 3 is 2.22 bits per heavy atom. The maximum absolute atomic E-state index is 12.8. The van der Waals surface area contributed by atoms with Gasteiger partial charge in [0.15, 0.2) is 0 Å². The van der Waals surface area contributed by atoms with Crippen molar-refractivity contribution in [1.29, 1.82) is 0 Å². The van der Waals surface area contributed by atoms with Gasteiger partial charge in [0, 0.05) is 64.3 Å². The predicted octanol–water partition coefficient (Wildman–Crippen LogP) is -0.0267. The number of nitrogens with zero attached hydrogens (tertiary/aromatic N) is 3. The van der Waals surface area contributed by atoms with Crippen LogP contribution in [0.15, 0.2) is 29.2 Å². The Morgan fingerprint density at radius 2 is 1.67 bits per heavy atom. The molecule has 1 aromatic rings. The SMILES string of the molecule is CC(=O)N1CCN(S(=O)(=O)c2ccc(C(=O)N3CCNC[C@@H]3C)cc2)CC1. The lowest BCUT2D eigenvalue weighted by Crippen LogP contribution is -2.52. The first-order valence-corrected chi connectivity index (χ1v) is 10.6. The van der Waals surface area contributed by atoms with Crippen LogP contribution in [0.1, 0.15) is 24.2 Å². The molecule has 0 saturated carbocycles. The van der Waals surface area contributed by atoms with Gasteiger partial charge in [-0.05, 0) is 31.2 Å². The summed E-state index contributed by atoms with van der Waals surface area (Å²) in [7, 11) is -3.63. The molecule has 0 aliphatic carbocycles. The number of carbonyl (C=O) groups is 2. The maximum atomic E-state index is 12.8. The number of amides is 2. The zero-order chi connectivity index (χ0) is 19.6. The number of nitrogens with one attached hydrogen (secondary N) is 1. The standard InChI is InChI=1S/C18H26N4O4S/c1-14-13-19-7-8-22(14)18(24)16-3-5-17(6-4-16)27(25,26)21-11-9-20(10-12-21)15(2)23/h3-6,14,19H,7-13H2,1-2H3/t14-/m0/s1. The average molecular weight is 394 g/mol. The molecule has 0 unspecified atom stereocenters. The van der Waals surface area contributed by atoms with Gasteiger partial charge in [0.25, 0.3) is 5.91 Å². The number of sulfonamides is 1. The molecule has 1 aromatic carbocycles. The Labute approximate surface area is 160 Å². The summed E-state index contributed by atoms with van der Waals surface area (Å²) >= 11 is 0. The van der Waals surface area contributed by atoms with E-state index >= 15 is 0 Å². The van der Waals surface area contributed by atoms with E-state index in [1.807, 2.05) is 6.92 Å². The molecule has 2 saturated heterocycles. The Morgan fingerprint density at radius 1 is 1.04 bits per heavy atom. The van der Waals surface area contributed by atoms with Gasteiger partial charge in [0.2, 0.25) is 15.9 Å². The van der Waals surface area contributed by atoms with Crippen molar-refractivity contribution in [2.24, 2.45) is 0 Å². The highest BCUT2D eigenvalue weighted by Crippen LogP contribution is 2.19. The van der Waals surface area contributed by atoms with Crippen LogP contribution in [-0.2, 0) is 14.8 Å². The fourth-order valence-corrected chi connectivity index (χ4v) is 4.89. The Hall–Kier alpha value is -1.97. The zero-order valence-corrected chi connectivity index (χ0v) is 16.5. The van der Waals surface area contributed by atoms with Crippen LogP contribution in [-0.4, -0.2) is 86.2 Å². The van der Waals surface area contributed by atoms with Crippen molar-refractivity contribution < 1.29 is 18.0 Å². The van der Waals surface area contributed by atoms with Crippen molar-refractivity contribution in [3.8, 4) is 0 Å². The van der Waals surface area contributed by atoms with Gasteiger partial charge in [0.05, 0.1) is 4.90 Å². The number of carbonyl (C=O) groups excluding carboxylic acids is 2. The van der Waals surface area contributed by atoms with Crippen LogP contribution >= 0.6 is 0 Å². The van der Waals surface area contributed by atoms with E-state index in [9.17, 15) is 18.0 Å². The molecule has 2 aliphatic heterocycles. The third-order valence-corrected chi connectivity index (χ3v) is 7.10. The third kappa shape index (κ3) is 4.15. The zero-order valence-electron chi connectivity index (χ0n) is 15.7. The van der Waals surface area contributed by atoms with Gasteiger partial charge in [-0.25, -0.2) is 8.42 Å². The van der Waals surface area contributed by atoms with Crippen LogP contribution in [0.2, 0.25) is 0 Å². The monoisotopic (exact) mass is 394 g/mol. The maximum Gasteiger partial charge on any atom is 0.254 e. The predicted molar refractivity (Wildman–Crippen MR) is 101 cm³/mol. The van der Waals surface area contributed by atoms with Crippen molar-refractivity contribution >= 4 is 21.8 Å². The molecule has 148 valence electrons. The van der Waals surface area contributed by atoms with Gasteiger partial charge < -0.3 is 15.1 Å². The van der Waals surface area contributed by atoms with Gasteiger partial charge >= 0.3 is 0 Å². The molecule has 2 heterocycles. The van der Waals surface area contributed by atoms with E-state index in [4.69, 9.17) is 0 Å². The molecule has 8 nitrogen and oxygen atoms in total. The van der Waals surface area contributed by atoms with E-state index in [1.165, 1.54) is 23.4 Å². The highest BCUT2D eigenvalue weighted by Gasteiger charge is 2.30. The molecule has 2 fully saturated rings. The van der Waals surface area contributed by atoms with Crippen LogP contribution in [0, 0.1) is 0 Å². The molecular formula is C18H26N4O4S. The minimum atomic E-state index is -3.63. The fraction of sp³-hybridized carbons (Fsp3) is 0.556. The van der Waals surface area contributed by atoms with Crippen molar-refractivity contribution in [3.05, 3.63) is 29.8 Å². The van der Waals surface area contributed by atoms with E-state index in [1.54, 1.807) is 21.9 Å². The van der Waals surface area contributed by atoms with Crippen LogP contribution in [0.5, 0.6) is 0 Å². The molecule has 27 heavy (non-hydrogen) atoms. The molecule has 1 N–H and O–H groups in total. The van der Waals surface area contributed by atoms with E-state index in [2.05, 4.69) is 5.32 Å². The molecule has 0 radical (unpaired) electrons. The highest BCUT2D eigenvalue weighted by molar-refractivity contribution is 7.89. The smallest absolute Gasteiger partial charge is 0.254 e. The second kappa shape index (κ2) is 7.95. The molecule has 2 aliphatic rings. The summed E-state index contributed by atoms with van der Waals surface area (Å²) in [6, 6.07) is 6.25. The summed E-state index contributed by atoms with van der Waals surface area (Å²) in [5, 5.41) is 3.24. The minimum Gasteiger partial charge on any atom is -0.340 e. The molecule has 1 atom stereocenters. The summed E-state index contributed by atoms with van der Waals surface area (Å²) in [5.41, 5.74) is 0.490. The lowest BCUT2D eigenvalue weighted by Gasteiger charge is -2.34. The quantitative estimate of drug-likeness (QED) is 0.778. The normalized spacial score (nSPS) is 21.9. The second-order valence-electron chi connectivity index (χ2n) is 6.99. The third-order valence-electron chi connectivity index (χ3n) is 5.19. The number of hydrogen-bond acceptors (Lipinski definition) is 5. The molecule has 0 aromatic heterocycles. The van der Waals surface area contributed by atoms with Gasteiger partial charge in [-0.15, -0.1) is 0 Å². The molecular weight excluding hydrogens is 368 g/mol. The van der Waals surface area contributed by atoms with Crippen LogP contribution < -0.4 is 5.32 Å². The van der Waals surface area contributed by atoms with E-state index in [-0.39, 0.29) is 35.8 Å². The molecule has 0 spiro atoms. The first-order chi connectivity index (χ1) is 12.8. The number of benzene rings is 1. The number of piperazine rings is 2. The van der Waals surface area contributed by atoms with Crippen LogP contribution in [0.25, 0.3) is 0 Å². The molecule has 2 amide bonds. The van der Waals surface area contributed by atoms with Crippen molar-refractivity contribution in [2.45, 2.75) is 24.8 Å². The fourth-order valence-electron chi connectivity index (χ4n) is 3.47. The topological polar surface area (TPSA) is 90.0 Å². The van der Waals surface area contributed by atoms with Crippen molar-refractivity contribution in [2.75, 3.05) is 45.8 Å². The first-order valence-electron chi connectivity index (χ1n) is 9.18. The average Bonchev–Trinajstić information content (AvgIpc) is 2.68. The number of rotatable bonds is 3. The first kappa shape index (κ1) is 19.8. The largest absolute Gasteiger partial charge is 0.340 e. The van der Waals surface area contributed by atoms with Crippen LogP contribution in [0.3, 0.4) is 0 Å².